The molecular weight excluding hydrogens is 238 g/mol. The van der Waals surface area contributed by atoms with Crippen LogP contribution in [-0.2, 0) is 11.3 Å². The topological polar surface area (TPSA) is 32.7 Å². The number of benzene rings is 1. The van der Waals surface area contributed by atoms with Crippen molar-refractivity contribution in [2.24, 2.45) is 0 Å². The van der Waals surface area contributed by atoms with E-state index in [9.17, 15) is 5.11 Å². The van der Waals surface area contributed by atoms with Gasteiger partial charge in [0.05, 0.1) is 18.3 Å². The lowest BCUT2D eigenvalue weighted by Gasteiger charge is -2.44. The molecule has 2 unspecified atom stereocenters. The van der Waals surface area contributed by atoms with Gasteiger partial charge in [0.2, 0.25) is 0 Å². The van der Waals surface area contributed by atoms with Crippen LogP contribution >= 0.6 is 0 Å². The van der Waals surface area contributed by atoms with Gasteiger partial charge in [-0.3, -0.25) is 4.90 Å². The molecule has 0 saturated carbocycles. The third kappa shape index (κ3) is 4.30. The minimum Gasteiger partial charge on any atom is -0.393 e. The monoisotopic (exact) mass is 263 g/mol. The van der Waals surface area contributed by atoms with Gasteiger partial charge in [0.15, 0.2) is 0 Å². The average Bonchev–Trinajstić information content (AvgIpc) is 2.33. The highest BCUT2D eigenvalue weighted by Crippen LogP contribution is 2.24. The van der Waals surface area contributed by atoms with Crippen LogP contribution in [-0.4, -0.2) is 40.9 Å². The van der Waals surface area contributed by atoms with E-state index in [0.717, 1.165) is 19.5 Å². The summed E-state index contributed by atoms with van der Waals surface area (Å²) in [5.74, 6) is 0. The molecule has 1 saturated heterocycles. The van der Waals surface area contributed by atoms with Crippen molar-refractivity contribution in [2.75, 3.05) is 13.2 Å². The SMILES string of the molecule is CC(O)CC1COC(C)(C)CN1Cc1ccccc1. The molecule has 106 valence electrons. The molecule has 1 N–H and O–H groups in total. The molecular formula is C16H25NO2. The number of aliphatic hydroxyl groups excluding tert-OH is 1. The zero-order chi connectivity index (χ0) is 13.9. The first-order chi connectivity index (χ1) is 8.96. The summed E-state index contributed by atoms with van der Waals surface area (Å²) in [5.41, 5.74) is 1.21. The number of morpholine rings is 1. The zero-order valence-electron chi connectivity index (χ0n) is 12.2. The lowest BCUT2D eigenvalue weighted by atomic mass is 10.00. The predicted molar refractivity (Wildman–Crippen MR) is 77.0 cm³/mol. The van der Waals surface area contributed by atoms with E-state index in [2.05, 4.69) is 43.0 Å². The smallest absolute Gasteiger partial charge is 0.0753 e. The normalized spacial score (nSPS) is 25.2. The third-order valence-corrected chi connectivity index (χ3v) is 3.61. The van der Waals surface area contributed by atoms with Gasteiger partial charge in [-0.25, -0.2) is 0 Å². The van der Waals surface area contributed by atoms with Crippen LogP contribution in [0.5, 0.6) is 0 Å². The number of rotatable bonds is 4. The molecule has 1 aromatic carbocycles. The van der Waals surface area contributed by atoms with Gasteiger partial charge in [0, 0.05) is 19.1 Å². The van der Waals surface area contributed by atoms with E-state index in [1.54, 1.807) is 0 Å². The summed E-state index contributed by atoms with van der Waals surface area (Å²) in [5, 5.41) is 9.64. The number of hydrogen-bond acceptors (Lipinski definition) is 3. The Morgan fingerprint density at radius 2 is 2.05 bits per heavy atom. The molecule has 0 bridgehead atoms. The van der Waals surface area contributed by atoms with Crippen LogP contribution in [0.4, 0.5) is 0 Å². The molecule has 1 aromatic rings. The van der Waals surface area contributed by atoms with Crippen molar-refractivity contribution in [1.82, 2.24) is 4.90 Å². The Morgan fingerprint density at radius 3 is 2.68 bits per heavy atom. The van der Waals surface area contributed by atoms with Gasteiger partial charge < -0.3 is 9.84 Å². The molecule has 3 heteroatoms. The first-order valence-corrected chi connectivity index (χ1v) is 7.06. The highest BCUT2D eigenvalue weighted by Gasteiger charge is 2.34. The van der Waals surface area contributed by atoms with Gasteiger partial charge in [-0.1, -0.05) is 30.3 Å². The number of nitrogens with zero attached hydrogens (tertiary/aromatic N) is 1. The van der Waals surface area contributed by atoms with Crippen molar-refractivity contribution in [3.8, 4) is 0 Å². The number of ether oxygens (including phenoxy) is 1. The fraction of sp³-hybridized carbons (Fsp3) is 0.625. The van der Waals surface area contributed by atoms with E-state index in [1.165, 1.54) is 5.56 Å². The molecule has 0 spiro atoms. The molecule has 1 aliphatic heterocycles. The van der Waals surface area contributed by atoms with Crippen molar-refractivity contribution >= 4 is 0 Å². The summed E-state index contributed by atoms with van der Waals surface area (Å²) in [6.45, 7) is 8.63. The molecule has 2 rings (SSSR count). The maximum absolute atomic E-state index is 9.64. The molecule has 0 aromatic heterocycles. The first kappa shape index (κ1) is 14.5. The van der Waals surface area contributed by atoms with E-state index in [-0.39, 0.29) is 11.7 Å². The molecule has 2 atom stereocenters. The van der Waals surface area contributed by atoms with Crippen LogP contribution < -0.4 is 0 Å². The van der Waals surface area contributed by atoms with Crippen LogP contribution in [0.15, 0.2) is 30.3 Å². The molecule has 0 aliphatic carbocycles. The fourth-order valence-electron chi connectivity index (χ4n) is 2.70. The lowest BCUT2D eigenvalue weighted by molar-refractivity contribution is -0.123. The molecule has 1 heterocycles. The lowest BCUT2D eigenvalue weighted by Crippen LogP contribution is -2.54. The standard InChI is InChI=1S/C16H25NO2/c1-13(18)9-15-11-19-16(2,3)12-17(15)10-14-7-5-4-6-8-14/h4-8,13,15,18H,9-12H2,1-3H3. The van der Waals surface area contributed by atoms with Crippen LogP contribution in [0.25, 0.3) is 0 Å². The zero-order valence-corrected chi connectivity index (χ0v) is 12.2. The fourth-order valence-corrected chi connectivity index (χ4v) is 2.70. The number of aliphatic hydroxyl groups is 1. The Morgan fingerprint density at radius 1 is 1.37 bits per heavy atom. The highest BCUT2D eigenvalue weighted by molar-refractivity contribution is 5.15. The number of hydrogen-bond donors (Lipinski definition) is 1. The van der Waals surface area contributed by atoms with Crippen molar-refractivity contribution in [3.63, 3.8) is 0 Å². The van der Waals surface area contributed by atoms with Gasteiger partial charge >= 0.3 is 0 Å². The van der Waals surface area contributed by atoms with Gasteiger partial charge in [-0.15, -0.1) is 0 Å². The Balaban J connectivity index is 2.07. The minimum absolute atomic E-state index is 0.107. The van der Waals surface area contributed by atoms with Crippen LogP contribution in [0.2, 0.25) is 0 Å². The van der Waals surface area contributed by atoms with Crippen LogP contribution in [0, 0.1) is 0 Å². The molecule has 19 heavy (non-hydrogen) atoms. The van der Waals surface area contributed by atoms with E-state index >= 15 is 0 Å². The molecule has 0 radical (unpaired) electrons. The Kier molecular flexibility index (Phi) is 4.61. The maximum atomic E-state index is 9.64. The second-order valence-electron chi connectivity index (χ2n) is 6.20. The summed E-state index contributed by atoms with van der Waals surface area (Å²) >= 11 is 0. The second-order valence-corrected chi connectivity index (χ2v) is 6.20. The van der Waals surface area contributed by atoms with Crippen LogP contribution in [0.1, 0.15) is 32.8 Å². The molecule has 1 fully saturated rings. The largest absolute Gasteiger partial charge is 0.393 e. The summed E-state index contributed by atoms with van der Waals surface area (Å²) in [6.07, 6.45) is 0.483. The highest BCUT2D eigenvalue weighted by atomic mass is 16.5. The first-order valence-electron chi connectivity index (χ1n) is 7.06. The Bertz CT molecular complexity index is 389. The van der Waals surface area contributed by atoms with Gasteiger partial charge in [-0.2, -0.15) is 0 Å². The molecule has 3 nitrogen and oxygen atoms in total. The van der Waals surface area contributed by atoms with E-state index < -0.39 is 0 Å². The second kappa shape index (κ2) is 6.04. The Labute approximate surface area is 116 Å². The van der Waals surface area contributed by atoms with Gasteiger partial charge in [0.1, 0.15) is 0 Å². The predicted octanol–water partition coefficient (Wildman–Crippen LogP) is 2.44. The quantitative estimate of drug-likeness (QED) is 0.905. The van der Waals surface area contributed by atoms with Crippen molar-refractivity contribution < 1.29 is 9.84 Å². The van der Waals surface area contributed by atoms with Crippen LogP contribution in [0.3, 0.4) is 0 Å². The third-order valence-electron chi connectivity index (χ3n) is 3.61. The van der Waals surface area contributed by atoms with Crippen molar-refractivity contribution in [2.45, 2.75) is 51.5 Å². The van der Waals surface area contributed by atoms with E-state index in [1.807, 2.05) is 13.0 Å². The van der Waals surface area contributed by atoms with E-state index in [0.29, 0.717) is 12.6 Å². The molecule has 1 aliphatic rings. The average molecular weight is 263 g/mol. The van der Waals surface area contributed by atoms with Crippen molar-refractivity contribution in [3.05, 3.63) is 35.9 Å². The maximum Gasteiger partial charge on any atom is 0.0753 e. The van der Waals surface area contributed by atoms with Gasteiger partial charge in [-0.05, 0) is 32.8 Å². The summed E-state index contributed by atoms with van der Waals surface area (Å²) in [7, 11) is 0. The van der Waals surface area contributed by atoms with Crippen molar-refractivity contribution in [1.29, 1.82) is 0 Å². The summed E-state index contributed by atoms with van der Waals surface area (Å²) in [6, 6.07) is 10.8. The summed E-state index contributed by atoms with van der Waals surface area (Å²) in [4.78, 5) is 2.44. The summed E-state index contributed by atoms with van der Waals surface area (Å²) < 4.78 is 5.89. The van der Waals surface area contributed by atoms with Gasteiger partial charge in [0.25, 0.3) is 0 Å². The minimum atomic E-state index is -0.284. The van der Waals surface area contributed by atoms with E-state index in [4.69, 9.17) is 4.74 Å². The molecule has 0 amide bonds. The Hall–Kier alpha value is -0.900.